The van der Waals surface area contributed by atoms with Gasteiger partial charge in [0.25, 0.3) is 0 Å². The van der Waals surface area contributed by atoms with Crippen molar-refractivity contribution in [2.75, 3.05) is 0 Å². The summed E-state index contributed by atoms with van der Waals surface area (Å²) < 4.78 is 0. The molecule has 0 nitrogen and oxygen atoms in total. The van der Waals surface area contributed by atoms with E-state index in [1.807, 2.05) is 0 Å². The van der Waals surface area contributed by atoms with Crippen molar-refractivity contribution in [3.05, 3.63) is 0 Å². The molecule has 0 atom stereocenters. The molecule has 0 aromatic heterocycles. The Hall–Kier alpha value is 5.27. The van der Waals surface area contributed by atoms with Gasteiger partial charge in [-0.25, -0.2) is 0 Å². The van der Waals surface area contributed by atoms with E-state index in [0.717, 1.165) is 0 Å². The third-order valence-electron chi connectivity index (χ3n) is 0. The maximum Gasteiger partial charge on any atom is 3.00 e. The molecule has 7 heteroatoms. The molecular formula is La2S4Sr. The van der Waals surface area contributed by atoms with E-state index in [4.69, 9.17) is 0 Å². The Bertz CT molecular complexity index is 9.65. The van der Waals surface area contributed by atoms with Crippen LogP contribution in [0.5, 0.6) is 0 Å². The van der Waals surface area contributed by atoms with Crippen molar-refractivity contribution in [3.8, 4) is 0 Å². The third-order valence-corrected chi connectivity index (χ3v) is 0. The first-order valence-electron chi connectivity index (χ1n) is 0. The Morgan fingerprint density at radius 1 is 0.429 bits per heavy atom. The first kappa shape index (κ1) is 56.1. The van der Waals surface area contributed by atoms with E-state index in [1.165, 1.54) is 0 Å². The minimum atomic E-state index is 0. The minimum Gasteiger partial charge on any atom is -2.00 e. The van der Waals surface area contributed by atoms with Crippen LogP contribution in [0.2, 0.25) is 0 Å². The molecule has 0 rings (SSSR count). The summed E-state index contributed by atoms with van der Waals surface area (Å²) in [6, 6.07) is 0. The number of rotatable bonds is 0. The van der Waals surface area contributed by atoms with Gasteiger partial charge in [-0.15, -0.1) is 0 Å². The second kappa shape index (κ2) is 42.8. The molecule has 0 heterocycles. The van der Waals surface area contributed by atoms with Crippen LogP contribution in [-0.4, -0.2) is 45.5 Å². The molecule has 0 radical (unpaired) electrons. The molecule has 0 aliphatic heterocycles. The van der Waals surface area contributed by atoms with Gasteiger partial charge in [-0.05, 0) is 0 Å². The van der Waals surface area contributed by atoms with Gasteiger partial charge >= 0.3 is 117 Å². The quantitative estimate of drug-likeness (QED) is 0.404. The Morgan fingerprint density at radius 2 is 0.429 bits per heavy atom. The molecule has 0 unspecified atom stereocenters. The fraction of sp³-hybridized carbons (Fsp3) is 0. The van der Waals surface area contributed by atoms with Crippen molar-refractivity contribution in [1.29, 1.82) is 0 Å². The summed E-state index contributed by atoms with van der Waals surface area (Å²) in [5.74, 6) is 0. The maximum absolute atomic E-state index is 0. The van der Waals surface area contributed by atoms with Crippen molar-refractivity contribution in [2.24, 2.45) is 0 Å². The average molecular weight is 494 g/mol. The van der Waals surface area contributed by atoms with Gasteiger partial charge in [0.1, 0.15) is 0 Å². The topological polar surface area (TPSA) is 0 Å². The third kappa shape index (κ3) is 34.9. The second-order valence-electron chi connectivity index (χ2n) is 0. The molecule has 0 saturated carbocycles. The zero-order chi connectivity index (χ0) is 0. The summed E-state index contributed by atoms with van der Waals surface area (Å²) >= 11 is 0. The zero-order valence-electron chi connectivity index (χ0n) is 3.49. The standard InChI is InChI=1S/2La.4S.Sr/q2*+3;4*-2;+2. The van der Waals surface area contributed by atoms with Crippen LogP contribution in [0.4, 0.5) is 0 Å². The van der Waals surface area contributed by atoms with E-state index < -0.39 is 0 Å². The van der Waals surface area contributed by atoms with Crippen LogP contribution in [0.25, 0.3) is 0 Å². The van der Waals surface area contributed by atoms with Crippen LogP contribution >= 0.6 is 0 Å². The van der Waals surface area contributed by atoms with E-state index in [0.29, 0.717) is 0 Å². The zero-order valence-corrected chi connectivity index (χ0v) is 17.5. The number of hydrogen-bond donors (Lipinski definition) is 0. The molecule has 0 aliphatic rings. The summed E-state index contributed by atoms with van der Waals surface area (Å²) in [5, 5.41) is 0. The summed E-state index contributed by atoms with van der Waals surface area (Å²) in [7, 11) is 0. The predicted octanol–water partition coefficient (Wildman–Crippen LogP) is -0.390. The first-order valence-corrected chi connectivity index (χ1v) is 0. The summed E-state index contributed by atoms with van der Waals surface area (Å²) in [6.07, 6.45) is 0. The van der Waals surface area contributed by atoms with Crippen LogP contribution in [0, 0.1) is 71.2 Å². The summed E-state index contributed by atoms with van der Waals surface area (Å²) in [5.41, 5.74) is 0. The molecule has 0 aromatic rings. The molecule has 0 aromatic carbocycles. The number of hydrogen-bond acceptors (Lipinski definition) is 0. The molecule has 0 aliphatic carbocycles. The minimum absolute atomic E-state index is 0. The largest absolute Gasteiger partial charge is 3.00 e. The molecule has 7 heavy (non-hydrogen) atoms. The molecule has 0 bridgehead atoms. The molecule has 0 amide bonds. The van der Waals surface area contributed by atoms with E-state index >= 15 is 0 Å². The predicted molar refractivity (Wildman–Crippen MR) is 35.2 cm³/mol. The Balaban J connectivity index is 0. The molecular weight excluding hydrogens is 494 g/mol. The summed E-state index contributed by atoms with van der Waals surface area (Å²) in [6.45, 7) is 0. The van der Waals surface area contributed by atoms with Gasteiger partial charge in [-0.1, -0.05) is 0 Å². The first-order chi connectivity index (χ1) is 0. The van der Waals surface area contributed by atoms with Gasteiger partial charge in [0.15, 0.2) is 0 Å². The fourth-order valence-corrected chi connectivity index (χ4v) is 0. The average Bonchev–Trinajstić information content (AvgIpc) is 0. The van der Waals surface area contributed by atoms with Crippen molar-refractivity contribution in [2.45, 2.75) is 0 Å². The second-order valence-corrected chi connectivity index (χ2v) is 0. The molecule has 0 fully saturated rings. The van der Waals surface area contributed by atoms with Gasteiger partial charge in [0, 0.05) is 0 Å². The summed E-state index contributed by atoms with van der Waals surface area (Å²) in [4.78, 5) is 0. The fourth-order valence-electron chi connectivity index (χ4n) is 0. The van der Waals surface area contributed by atoms with Crippen LogP contribution in [0.15, 0.2) is 0 Å². The van der Waals surface area contributed by atoms with Crippen LogP contribution in [0.3, 0.4) is 0 Å². The Morgan fingerprint density at radius 3 is 0.429 bits per heavy atom. The Labute approximate surface area is 166 Å². The van der Waals surface area contributed by atoms with Crippen LogP contribution in [0.1, 0.15) is 0 Å². The van der Waals surface area contributed by atoms with Crippen molar-refractivity contribution < 1.29 is 71.2 Å². The van der Waals surface area contributed by atoms with Gasteiger partial charge in [-0.3, -0.25) is 0 Å². The smallest absolute Gasteiger partial charge is 2.00 e. The van der Waals surface area contributed by atoms with E-state index in [9.17, 15) is 0 Å². The molecule has 0 N–H and O–H groups in total. The van der Waals surface area contributed by atoms with Crippen molar-refractivity contribution >= 4 is 99.5 Å². The maximum atomic E-state index is 0. The van der Waals surface area contributed by atoms with Gasteiger partial charge in [0.05, 0.1) is 0 Å². The van der Waals surface area contributed by atoms with E-state index in [-0.39, 0.29) is 171 Å². The molecule has 0 spiro atoms. The van der Waals surface area contributed by atoms with E-state index in [2.05, 4.69) is 0 Å². The monoisotopic (exact) mass is 494 g/mol. The normalized spacial score (nSPS) is 0. The van der Waals surface area contributed by atoms with Gasteiger partial charge < -0.3 is 54.0 Å². The molecule has 0 saturated heterocycles. The van der Waals surface area contributed by atoms with Gasteiger partial charge in [0.2, 0.25) is 0 Å². The van der Waals surface area contributed by atoms with Crippen LogP contribution in [-0.2, 0) is 54.0 Å². The van der Waals surface area contributed by atoms with Crippen molar-refractivity contribution in [1.82, 2.24) is 0 Å². The van der Waals surface area contributed by atoms with Crippen molar-refractivity contribution in [3.63, 3.8) is 0 Å². The molecule has 32 valence electrons. The van der Waals surface area contributed by atoms with E-state index in [1.54, 1.807) is 0 Å². The van der Waals surface area contributed by atoms with Gasteiger partial charge in [-0.2, -0.15) is 0 Å². The SMILES string of the molecule is [La+3].[La+3].[S-2].[S-2].[S-2].[S-2].[Sr+2]. The van der Waals surface area contributed by atoms with Crippen LogP contribution < -0.4 is 0 Å². The Kier molecular flexibility index (Phi) is 343.